The first kappa shape index (κ1) is 17.6. The molecule has 0 aromatic heterocycles. The Bertz CT molecular complexity index is 537. The van der Waals surface area contributed by atoms with Gasteiger partial charge in [0.25, 0.3) is 0 Å². The third-order valence-electron chi connectivity index (χ3n) is 4.56. The van der Waals surface area contributed by atoms with E-state index in [0.717, 1.165) is 12.8 Å². The number of rotatable bonds is 5. The Kier molecular flexibility index (Phi) is 5.42. The summed E-state index contributed by atoms with van der Waals surface area (Å²) in [5, 5.41) is 12.1. The highest BCUT2D eigenvalue weighted by molar-refractivity contribution is 8.02. The summed E-state index contributed by atoms with van der Waals surface area (Å²) >= 11 is 1.31. The van der Waals surface area contributed by atoms with Crippen molar-refractivity contribution in [2.24, 2.45) is 5.92 Å². The van der Waals surface area contributed by atoms with Gasteiger partial charge >= 0.3 is 5.97 Å². The number of hydrogen-bond donors (Lipinski definition) is 2. The van der Waals surface area contributed by atoms with Crippen molar-refractivity contribution < 1.29 is 23.1 Å². The van der Waals surface area contributed by atoms with Crippen molar-refractivity contribution in [3.63, 3.8) is 0 Å². The SMILES string of the molecule is CC1CCC(NC(=O)CSC2CCS(=O)(=O)C2)(C(=O)O)CC1. The molecule has 0 spiro atoms. The minimum Gasteiger partial charge on any atom is -0.480 e. The van der Waals surface area contributed by atoms with E-state index in [1.54, 1.807) is 0 Å². The Morgan fingerprint density at radius 3 is 2.41 bits per heavy atom. The summed E-state index contributed by atoms with van der Waals surface area (Å²) in [6, 6.07) is 0. The largest absolute Gasteiger partial charge is 0.480 e. The fourth-order valence-electron chi connectivity index (χ4n) is 3.04. The Morgan fingerprint density at radius 2 is 1.91 bits per heavy atom. The molecule has 1 saturated carbocycles. The maximum atomic E-state index is 12.1. The molecule has 1 saturated heterocycles. The molecule has 22 heavy (non-hydrogen) atoms. The summed E-state index contributed by atoms with van der Waals surface area (Å²) < 4.78 is 22.8. The van der Waals surface area contributed by atoms with Gasteiger partial charge in [-0.25, -0.2) is 13.2 Å². The van der Waals surface area contributed by atoms with E-state index in [-0.39, 0.29) is 28.4 Å². The predicted molar refractivity (Wildman–Crippen MR) is 85.7 cm³/mol. The standard InChI is InChI=1S/C14H23NO5S2/c1-10-2-5-14(6-3-10,13(17)18)15-12(16)8-21-11-4-7-22(19,20)9-11/h10-11H,2-9H2,1H3,(H,15,16)(H,17,18). The van der Waals surface area contributed by atoms with Gasteiger partial charge in [-0.2, -0.15) is 0 Å². The number of thioether (sulfide) groups is 1. The van der Waals surface area contributed by atoms with Crippen LogP contribution in [0.4, 0.5) is 0 Å². The minimum absolute atomic E-state index is 0.0529. The maximum Gasteiger partial charge on any atom is 0.329 e. The lowest BCUT2D eigenvalue weighted by molar-refractivity contribution is -0.149. The monoisotopic (exact) mass is 349 g/mol. The van der Waals surface area contributed by atoms with E-state index in [9.17, 15) is 23.1 Å². The molecule has 2 fully saturated rings. The van der Waals surface area contributed by atoms with Crippen molar-refractivity contribution in [1.82, 2.24) is 5.32 Å². The van der Waals surface area contributed by atoms with Crippen LogP contribution in [0.3, 0.4) is 0 Å². The van der Waals surface area contributed by atoms with Gasteiger partial charge in [0.2, 0.25) is 5.91 Å². The first-order valence-corrected chi connectivity index (χ1v) is 10.5. The van der Waals surface area contributed by atoms with E-state index in [4.69, 9.17) is 0 Å². The van der Waals surface area contributed by atoms with E-state index in [1.165, 1.54) is 11.8 Å². The highest BCUT2D eigenvalue weighted by Gasteiger charge is 2.42. The van der Waals surface area contributed by atoms with E-state index < -0.39 is 21.3 Å². The van der Waals surface area contributed by atoms with E-state index in [1.807, 2.05) is 0 Å². The molecule has 8 heteroatoms. The molecule has 1 aliphatic heterocycles. The zero-order valence-electron chi connectivity index (χ0n) is 12.7. The predicted octanol–water partition coefficient (Wildman–Crippen LogP) is 1.06. The number of sulfone groups is 1. The van der Waals surface area contributed by atoms with Crippen molar-refractivity contribution in [2.45, 2.75) is 49.8 Å². The van der Waals surface area contributed by atoms with Crippen LogP contribution in [-0.2, 0) is 19.4 Å². The van der Waals surface area contributed by atoms with Crippen LogP contribution in [0.2, 0.25) is 0 Å². The average molecular weight is 349 g/mol. The summed E-state index contributed by atoms with van der Waals surface area (Å²) in [4.78, 5) is 23.6. The molecule has 0 aromatic rings. The summed E-state index contributed by atoms with van der Waals surface area (Å²) in [6.07, 6.45) is 3.07. The summed E-state index contributed by atoms with van der Waals surface area (Å²) in [6.45, 7) is 2.09. The van der Waals surface area contributed by atoms with Crippen molar-refractivity contribution in [3.8, 4) is 0 Å². The molecule has 1 amide bonds. The topological polar surface area (TPSA) is 101 Å². The number of aliphatic carboxylic acids is 1. The molecule has 1 atom stereocenters. The third kappa shape index (κ3) is 4.38. The average Bonchev–Trinajstić information content (AvgIpc) is 2.79. The van der Waals surface area contributed by atoms with Gasteiger partial charge in [0.1, 0.15) is 5.54 Å². The zero-order chi connectivity index (χ0) is 16.4. The van der Waals surface area contributed by atoms with E-state index >= 15 is 0 Å². The normalized spacial score (nSPS) is 34.2. The zero-order valence-corrected chi connectivity index (χ0v) is 14.3. The van der Waals surface area contributed by atoms with Gasteiger partial charge in [-0.15, -0.1) is 11.8 Å². The Labute approximate surface area is 135 Å². The van der Waals surface area contributed by atoms with Crippen molar-refractivity contribution >= 4 is 33.5 Å². The van der Waals surface area contributed by atoms with Crippen LogP contribution in [0.1, 0.15) is 39.0 Å². The Hall–Kier alpha value is -0.760. The summed E-state index contributed by atoms with van der Waals surface area (Å²) in [5.41, 5.74) is -1.15. The smallest absolute Gasteiger partial charge is 0.329 e. The second-order valence-electron chi connectivity index (χ2n) is 6.45. The highest BCUT2D eigenvalue weighted by atomic mass is 32.2. The quantitative estimate of drug-likeness (QED) is 0.770. The Morgan fingerprint density at radius 1 is 1.27 bits per heavy atom. The molecular weight excluding hydrogens is 326 g/mol. The van der Waals surface area contributed by atoms with Crippen molar-refractivity contribution in [3.05, 3.63) is 0 Å². The van der Waals surface area contributed by atoms with Crippen LogP contribution in [0, 0.1) is 5.92 Å². The highest BCUT2D eigenvalue weighted by Crippen LogP contribution is 2.32. The molecule has 0 bridgehead atoms. The molecule has 0 aromatic carbocycles. The summed E-state index contributed by atoms with van der Waals surface area (Å²) in [7, 11) is -2.95. The lowest BCUT2D eigenvalue weighted by Crippen LogP contribution is -2.56. The van der Waals surface area contributed by atoms with Gasteiger partial charge < -0.3 is 10.4 Å². The molecule has 1 heterocycles. The lowest BCUT2D eigenvalue weighted by Gasteiger charge is -2.36. The number of hydrogen-bond acceptors (Lipinski definition) is 5. The first-order chi connectivity index (χ1) is 10.2. The molecule has 2 N–H and O–H groups in total. The van der Waals surface area contributed by atoms with Gasteiger partial charge in [0.05, 0.1) is 17.3 Å². The number of amides is 1. The number of carbonyl (C=O) groups excluding carboxylic acids is 1. The van der Waals surface area contributed by atoms with Crippen molar-refractivity contribution in [2.75, 3.05) is 17.3 Å². The molecule has 1 aliphatic carbocycles. The van der Waals surface area contributed by atoms with Crippen LogP contribution in [0.5, 0.6) is 0 Å². The van der Waals surface area contributed by atoms with Gasteiger partial charge in [0.15, 0.2) is 9.84 Å². The third-order valence-corrected chi connectivity index (χ3v) is 7.84. The van der Waals surface area contributed by atoms with Crippen LogP contribution in [0.15, 0.2) is 0 Å². The molecule has 6 nitrogen and oxygen atoms in total. The van der Waals surface area contributed by atoms with Crippen LogP contribution >= 0.6 is 11.8 Å². The lowest BCUT2D eigenvalue weighted by atomic mass is 9.77. The molecule has 126 valence electrons. The molecule has 2 rings (SSSR count). The molecule has 2 aliphatic rings. The van der Waals surface area contributed by atoms with Gasteiger partial charge in [-0.3, -0.25) is 4.79 Å². The molecule has 0 radical (unpaired) electrons. The molecular formula is C14H23NO5S2. The number of carboxylic acids is 1. The Balaban J connectivity index is 1.86. The molecule has 1 unspecified atom stereocenters. The summed E-state index contributed by atoms with van der Waals surface area (Å²) in [5.74, 6) is -0.379. The number of carbonyl (C=O) groups is 2. The fraction of sp³-hybridized carbons (Fsp3) is 0.857. The van der Waals surface area contributed by atoms with Crippen LogP contribution < -0.4 is 5.32 Å². The van der Waals surface area contributed by atoms with Crippen LogP contribution in [0.25, 0.3) is 0 Å². The maximum absolute atomic E-state index is 12.1. The van der Waals surface area contributed by atoms with Gasteiger partial charge in [0, 0.05) is 5.25 Å². The number of nitrogens with one attached hydrogen (secondary N) is 1. The van der Waals surface area contributed by atoms with Gasteiger partial charge in [-0.05, 0) is 38.0 Å². The fourth-order valence-corrected chi connectivity index (χ4v) is 6.48. The number of carboxylic acid groups (broad SMARTS) is 1. The van der Waals surface area contributed by atoms with Crippen LogP contribution in [-0.4, -0.2) is 53.4 Å². The van der Waals surface area contributed by atoms with E-state index in [2.05, 4.69) is 12.2 Å². The van der Waals surface area contributed by atoms with Gasteiger partial charge in [-0.1, -0.05) is 6.92 Å². The minimum atomic E-state index is -2.95. The second kappa shape index (κ2) is 6.78. The van der Waals surface area contributed by atoms with E-state index in [0.29, 0.717) is 25.2 Å². The first-order valence-electron chi connectivity index (χ1n) is 7.59. The second-order valence-corrected chi connectivity index (χ2v) is 9.97. The van der Waals surface area contributed by atoms with Crippen molar-refractivity contribution in [1.29, 1.82) is 0 Å².